The van der Waals surface area contributed by atoms with E-state index in [2.05, 4.69) is 12.6 Å². The van der Waals surface area contributed by atoms with Crippen LogP contribution in [0.2, 0.25) is 0 Å². The van der Waals surface area contributed by atoms with Gasteiger partial charge in [0.05, 0.1) is 18.6 Å². The summed E-state index contributed by atoms with van der Waals surface area (Å²) in [6.07, 6.45) is -0.380. The second kappa shape index (κ2) is 10.8. The second-order valence-electron chi connectivity index (χ2n) is 6.10. The number of hydrogen-bond acceptors (Lipinski definition) is 5. The minimum absolute atomic E-state index is 0.0626. The van der Waals surface area contributed by atoms with Crippen molar-refractivity contribution >= 4 is 24.4 Å². The number of carbonyl (C=O) groups is 2. The largest absolute Gasteiger partial charge is 0.461 e. The zero-order chi connectivity index (χ0) is 18.8. The summed E-state index contributed by atoms with van der Waals surface area (Å²) in [5.41, 5.74) is 1.91. The summed E-state index contributed by atoms with van der Waals surface area (Å²) in [5, 5.41) is 0. The van der Waals surface area contributed by atoms with Gasteiger partial charge in [-0.1, -0.05) is 60.7 Å². The number of ketones is 1. The number of hydrogen-bond donors (Lipinski definition) is 1. The Bertz CT molecular complexity index is 688. The molecule has 0 saturated carbocycles. The lowest BCUT2D eigenvalue weighted by Crippen LogP contribution is -2.32. The van der Waals surface area contributed by atoms with Gasteiger partial charge in [0.2, 0.25) is 0 Å². The maximum Gasteiger partial charge on any atom is 0.312 e. The predicted molar refractivity (Wildman–Crippen MR) is 104 cm³/mol. The highest BCUT2D eigenvalue weighted by atomic mass is 32.1. The average Bonchev–Trinajstić information content (AvgIpc) is 2.69. The first-order valence-electron chi connectivity index (χ1n) is 8.58. The highest BCUT2D eigenvalue weighted by Crippen LogP contribution is 2.18. The number of thiol groups is 1. The van der Waals surface area contributed by atoms with Crippen molar-refractivity contribution in [2.75, 3.05) is 5.75 Å². The monoisotopic (exact) mass is 372 g/mol. The normalized spacial score (nSPS) is 13.0. The molecule has 0 radical (unpaired) electrons. The smallest absolute Gasteiger partial charge is 0.312 e. The van der Waals surface area contributed by atoms with E-state index in [1.165, 1.54) is 0 Å². The summed E-state index contributed by atoms with van der Waals surface area (Å²) in [6.45, 7) is 2.35. The van der Waals surface area contributed by atoms with Crippen LogP contribution in [0.3, 0.4) is 0 Å². The third-order valence-corrected chi connectivity index (χ3v) is 4.43. The first-order valence-corrected chi connectivity index (χ1v) is 9.22. The summed E-state index contributed by atoms with van der Waals surface area (Å²) in [6, 6.07) is 19.1. The summed E-state index contributed by atoms with van der Waals surface area (Å²) in [5.74, 6) is -1.09. The highest BCUT2D eigenvalue weighted by molar-refractivity contribution is 7.81. The molecule has 2 aromatic carbocycles. The van der Waals surface area contributed by atoms with Crippen molar-refractivity contribution in [2.45, 2.75) is 32.7 Å². The molecule has 2 aromatic rings. The van der Waals surface area contributed by atoms with Crippen molar-refractivity contribution in [2.24, 2.45) is 5.92 Å². The zero-order valence-electron chi connectivity index (χ0n) is 14.8. The molecule has 138 valence electrons. The van der Waals surface area contributed by atoms with Gasteiger partial charge in [-0.05, 0) is 18.1 Å². The van der Waals surface area contributed by atoms with Gasteiger partial charge in [-0.25, -0.2) is 0 Å². The fraction of sp³-hybridized carbons (Fsp3) is 0.333. The minimum atomic E-state index is -0.651. The van der Waals surface area contributed by atoms with Gasteiger partial charge in [-0.3, -0.25) is 9.59 Å². The molecule has 0 aromatic heterocycles. The van der Waals surface area contributed by atoms with Crippen LogP contribution >= 0.6 is 12.6 Å². The number of ether oxygens (including phenoxy) is 2. The quantitative estimate of drug-likeness (QED) is 0.509. The topological polar surface area (TPSA) is 52.6 Å². The third-order valence-electron chi connectivity index (χ3n) is 4.07. The van der Waals surface area contributed by atoms with Crippen LogP contribution in [0.4, 0.5) is 0 Å². The molecule has 5 heteroatoms. The van der Waals surface area contributed by atoms with E-state index in [0.717, 1.165) is 11.1 Å². The number of rotatable bonds is 10. The molecule has 0 bridgehead atoms. The summed E-state index contributed by atoms with van der Waals surface area (Å²) in [7, 11) is 0. The lowest BCUT2D eigenvalue weighted by Gasteiger charge is -2.22. The van der Waals surface area contributed by atoms with Crippen LogP contribution in [0.5, 0.6) is 0 Å². The van der Waals surface area contributed by atoms with Crippen LogP contribution in [-0.2, 0) is 32.3 Å². The van der Waals surface area contributed by atoms with Crippen molar-refractivity contribution < 1.29 is 19.1 Å². The highest BCUT2D eigenvalue weighted by Gasteiger charge is 2.29. The van der Waals surface area contributed by atoms with Crippen LogP contribution < -0.4 is 0 Å². The fourth-order valence-electron chi connectivity index (χ4n) is 2.50. The number of Topliss-reactive ketones (excluding diaryl/α,β-unsaturated/α-hetero) is 1. The van der Waals surface area contributed by atoms with Gasteiger partial charge in [0.1, 0.15) is 12.4 Å². The van der Waals surface area contributed by atoms with Crippen molar-refractivity contribution in [3.63, 3.8) is 0 Å². The maximum absolute atomic E-state index is 12.5. The molecule has 2 rings (SSSR count). The fourth-order valence-corrected chi connectivity index (χ4v) is 2.63. The minimum Gasteiger partial charge on any atom is -0.461 e. The Kier molecular flexibility index (Phi) is 8.38. The van der Waals surface area contributed by atoms with E-state index in [1.807, 2.05) is 60.7 Å². The Morgan fingerprint density at radius 3 is 2.00 bits per heavy atom. The van der Waals surface area contributed by atoms with Gasteiger partial charge in [0.15, 0.2) is 0 Å². The van der Waals surface area contributed by atoms with Gasteiger partial charge in [0, 0.05) is 12.2 Å². The molecule has 0 aliphatic carbocycles. The van der Waals surface area contributed by atoms with Gasteiger partial charge in [-0.2, -0.15) is 12.6 Å². The molecule has 2 atom stereocenters. The molecule has 26 heavy (non-hydrogen) atoms. The van der Waals surface area contributed by atoms with E-state index in [4.69, 9.17) is 9.47 Å². The molecule has 0 amide bonds. The molecule has 0 aliphatic rings. The van der Waals surface area contributed by atoms with Crippen molar-refractivity contribution in [3.05, 3.63) is 71.8 Å². The van der Waals surface area contributed by atoms with Crippen LogP contribution in [-0.4, -0.2) is 23.6 Å². The van der Waals surface area contributed by atoms with E-state index in [1.54, 1.807) is 6.92 Å². The molecule has 0 N–H and O–H groups in total. The molecule has 0 saturated heterocycles. The zero-order valence-corrected chi connectivity index (χ0v) is 15.7. The van der Waals surface area contributed by atoms with Crippen molar-refractivity contribution in [1.82, 2.24) is 0 Å². The first kappa shape index (κ1) is 20.2. The van der Waals surface area contributed by atoms with Gasteiger partial charge in [-0.15, -0.1) is 0 Å². The van der Waals surface area contributed by atoms with Gasteiger partial charge < -0.3 is 9.47 Å². The lowest BCUT2D eigenvalue weighted by molar-refractivity contribution is -0.157. The Morgan fingerprint density at radius 2 is 1.46 bits per heavy atom. The summed E-state index contributed by atoms with van der Waals surface area (Å²) < 4.78 is 11.2. The van der Waals surface area contributed by atoms with Gasteiger partial charge >= 0.3 is 5.97 Å². The number of carbonyl (C=O) groups excluding carboxylic acids is 2. The van der Waals surface area contributed by atoms with Crippen molar-refractivity contribution in [3.8, 4) is 0 Å². The Morgan fingerprint density at radius 1 is 0.923 bits per heavy atom. The van der Waals surface area contributed by atoms with Gasteiger partial charge in [0.25, 0.3) is 0 Å². The number of benzene rings is 2. The van der Waals surface area contributed by atoms with Crippen LogP contribution in [0.25, 0.3) is 0 Å². The van der Waals surface area contributed by atoms with E-state index in [-0.39, 0.29) is 24.6 Å². The van der Waals surface area contributed by atoms with E-state index >= 15 is 0 Å². The van der Waals surface area contributed by atoms with Crippen LogP contribution in [0, 0.1) is 5.92 Å². The average molecular weight is 372 g/mol. The van der Waals surface area contributed by atoms with Crippen LogP contribution in [0.15, 0.2) is 60.7 Å². The predicted octanol–water partition coefficient (Wildman–Crippen LogP) is 3.84. The standard InChI is InChI=1S/C21H24O4S/c1-16(24-13-17-8-4-2-5-9-17)20(12-19(22)15-26)21(23)25-14-18-10-6-3-7-11-18/h2-11,16,20,26H,12-15H2,1H3/t16?,20-/m0/s1. The van der Waals surface area contributed by atoms with E-state index in [0.29, 0.717) is 6.61 Å². The molecule has 4 nitrogen and oxygen atoms in total. The van der Waals surface area contributed by atoms with Crippen molar-refractivity contribution in [1.29, 1.82) is 0 Å². The van der Waals surface area contributed by atoms with E-state index < -0.39 is 18.0 Å². The Labute approximate surface area is 159 Å². The summed E-state index contributed by atoms with van der Waals surface area (Å²) in [4.78, 5) is 24.4. The molecule has 0 aliphatic heterocycles. The molecule has 1 unspecified atom stereocenters. The Hall–Kier alpha value is -2.11. The third kappa shape index (κ3) is 6.65. The molecule has 0 spiro atoms. The molecular formula is C21H24O4S. The number of esters is 1. The first-order chi connectivity index (χ1) is 12.6. The maximum atomic E-state index is 12.5. The lowest BCUT2D eigenvalue weighted by atomic mass is 9.97. The Balaban J connectivity index is 1.96. The molecule has 0 fully saturated rings. The molecule has 0 heterocycles. The second-order valence-corrected chi connectivity index (χ2v) is 6.42. The SMILES string of the molecule is CC(OCc1ccccc1)[C@H](CC(=O)CS)C(=O)OCc1ccccc1. The van der Waals surface area contributed by atoms with Crippen LogP contribution in [0.1, 0.15) is 24.5 Å². The molecular weight excluding hydrogens is 348 g/mol. The van der Waals surface area contributed by atoms with E-state index in [9.17, 15) is 9.59 Å². The summed E-state index contributed by atoms with van der Waals surface area (Å²) >= 11 is 4.00.